The van der Waals surface area contributed by atoms with Gasteiger partial charge < -0.3 is 4.52 Å². The molecule has 0 saturated carbocycles. The third-order valence-corrected chi connectivity index (χ3v) is 2.81. The van der Waals surface area contributed by atoms with Crippen molar-refractivity contribution in [2.75, 3.05) is 0 Å². The number of nitrogens with zero attached hydrogens (tertiary/aromatic N) is 4. The van der Waals surface area contributed by atoms with Crippen molar-refractivity contribution in [1.29, 1.82) is 0 Å². The number of hydrogen-bond acceptors (Lipinski definition) is 5. The monoisotopic (exact) mass is 272 g/mol. The van der Waals surface area contributed by atoms with Gasteiger partial charge in [-0.25, -0.2) is 9.97 Å². The van der Waals surface area contributed by atoms with Crippen LogP contribution in [0.3, 0.4) is 0 Å². The predicted molar refractivity (Wildman–Crippen MR) is 70.5 cm³/mol. The second-order valence-electron chi connectivity index (χ2n) is 3.95. The van der Waals surface area contributed by atoms with Crippen molar-refractivity contribution >= 4 is 11.6 Å². The van der Waals surface area contributed by atoms with Crippen LogP contribution >= 0.6 is 11.6 Å². The molecule has 1 aromatic carbocycles. The van der Waals surface area contributed by atoms with E-state index in [0.717, 1.165) is 5.56 Å². The molecule has 94 valence electrons. The van der Waals surface area contributed by atoms with E-state index in [9.17, 15) is 0 Å². The van der Waals surface area contributed by atoms with E-state index in [1.807, 2.05) is 19.1 Å². The number of halogens is 1. The molecular weight excluding hydrogens is 264 g/mol. The Morgan fingerprint density at radius 3 is 2.37 bits per heavy atom. The molecule has 0 aliphatic rings. The average Bonchev–Trinajstić information content (AvgIpc) is 2.90. The first-order valence-corrected chi connectivity index (χ1v) is 5.99. The van der Waals surface area contributed by atoms with Gasteiger partial charge in [0.25, 0.3) is 5.89 Å². The Morgan fingerprint density at radius 1 is 1.00 bits per heavy atom. The van der Waals surface area contributed by atoms with Gasteiger partial charge in [0, 0.05) is 23.0 Å². The molecule has 2 aromatic heterocycles. The Bertz CT molecular complexity index is 631. The van der Waals surface area contributed by atoms with Crippen molar-refractivity contribution in [2.45, 2.75) is 6.92 Å². The zero-order valence-corrected chi connectivity index (χ0v) is 10.8. The molecule has 19 heavy (non-hydrogen) atoms. The summed E-state index contributed by atoms with van der Waals surface area (Å²) in [5.41, 5.74) is 1.53. The zero-order valence-electron chi connectivity index (χ0n) is 10.0. The summed E-state index contributed by atoms with van der Waals surface area (Å²) in [5.74, 6) is 1.60. The minimum Gasteiger partial charge on any atom is -0.333 e. The molecule has 0 spiro atoms. The first-order valence-electron chi connectivity index (χ1n) is 5.61. The van der Waals surface area contributed by atoms with Crippen LogP contribution in [0.4, 0.5) is 0 Å². The third kappa shape index (κ3) is 2.46. The van der Waals surface area contributed by atoms with Crippen LogP contribution in [0, 0.1) is 6.92 Å². The van der Waals surface area contributed by atoms with Crippen LogP contribution in [-0.2, 0) is 0 Å². The van der Waals surface area contributed by atoms with Gasteiger partial charge in [0.15, 0.2) is 0 Å². The molecule has 0 fully saturated rings. The average molecular weight is 273 g/mol. The van der Waals surface area contributed by atoms with Gasteiger partial charge in [-0.3, -0.25) is 0 Å². The van der Waals surface area contributed by atoms with Crippen molar-refractivity contribution in [3.8, 4) is 22.8 Å². The van der Waals surface area contributed by atoms with Gasteiger partial charge in [-0.2, -0.15) is 4.98 Å². The smallest absolute Gasteiger partial charge is 0.261 e. The lowest BCUT2D eigenvalue weighted by molar-refractivity contribution is 0.432. The van der Waals surface area contributed by atoms with Crippen molar-refractivity contribution in [1.82, 2.24) is 20.1 Å². The Morgan fingerprint density at radius 2 is 1.68 bits per heavy atom. The number of benzene rings is 1. The molecule has 6 heteroatoms. The van der Waals surface area contributed by atoms with E-state index in [1.165, 1.54) is 0 Å². The Labute approximate surface area is 114 Å². The summed E-state index contributed by atoms with van der Waals surface area (Å²) in [4.78, 5) is 12.5. The fourth-order valence-electron chi connectivity index (χ4n) is 1.56. The van der Waals surface area contributed by atoms with Gasteiger partial charge in [-0.05, 0) is 31.2 Å². The standard InChI is InChI=1S/C13H9ClN4O/c1-8-15-6-10(7-16-8)13-17-12(18-19-13)9-2-4-11(14)5-3-9/h2-7H,1H3. The van der Waals surface area contributed by atoms with Crippen LogP contribution in [0.1, 0.15) is 5.82 Å². The van der Waals surface area contributed by atoms with Crippen LogP contribution in [0.5, 0.6) is 0 Å². The molecule has 0 amide bonds. The lowest BCUT2D eigenvalue weighted by Crippen LogP contribution is -1.87. The second kappa shape index (κ2) is 4.78. The van der Waals surface area contributed by atoms with Gasteiger partial charge in [-0.15, -0.1) is 0 Å². The minimum atomic E-state index is 0.393. The molecule has 3 rings (SSSR count). The summed E-state index contributed by atoms with van der Waals surface area (Å²) in [6.07, 6.45) is 3.31. The van der Waals surface area contributed by atoms with Gasteiger partial charge in [0.1, 0.15) is 5.82 Å². The maximum Gasteiger partial charge on any atom is 0.261 e. The molecule has 3 aromatic rings. The quantitative estimate of drug-likeness (QED) is 0.717. The van der Waals surface area contributed by atoms with Crippen LogP contribution < -0.4 is 0 Å². The van der Waals surface area contributed by atoms with E-state index in [4.69, 9.17) is 16.1 Å². The van der Waals surface area contributed by atoms with Gasteiger partial charge >= 0.3 is 0 Å². The first kappa shape index (κ1) is 11.8. The van der Waals surface area contributed by atoms with Gasteiger partial charge in [0.2, 0.25) is 5.82 Å². The lowest BCUT2D eigenvalue weighted by Gasteiger charge is -1.94. The Balaban J connectivity index is 1.95. The van der Waals surface area contributed by atoms with E-state index in [1.54, 1.807) is 24.5 Å². The number of rotatable bonds is 2. The highest BCUT2D eigenvalue weighted by Gasteiger charge is 2.11. The van der Waals surface area contributed by atoms with Crippen LogP contribution in [-0.4, -0.2) is 20.1 Å². The maximum atomic E-state index is 5.83. The topological polar surface area (TPSA) is 64.7 Å². The number of aromatic nitrogens is 4. The largest absolute Gasteiger partial charge is 0.333 e. The minimum absolute atomic E-state index is 0.393. The fraction of sp³-hybridized carbons (Fsp3) is 0.0769. The summed E-state index contributed by atoms with van der Waals surface area (Å²) < 4.78 is 5.20. The van der Waals surface area contributed by atoms with E-state index in [-0.39, 0.29) is 0 Å². The van der Waals surface area contributed by atoms with E-state index in [2.05, 4.69) is 20.1 Å². The predicted octanol–water partition coefficient (Wildman–Crippen LogP) is 3.16. The van der Waals surface area contributed by atoms with Crippen LogP contribution in [0.15, 0.2) is 41.2 Å². The molecule has 5 nitrogen and oxygen atoms in total. The van der Waals surface area contributed by atoms with E-state index < -0.39 is 0 Å². The highest BCUT2D eigenvalue weighted by Crippen LogP contribution is 2.22. The summed E-state index contributed by atoms with van der Waals surface area (Å²) in [5, 5.41) is 4.60. The van der Waals surface area contributed by atoms with Crippen molar-refractivity contribution in [3.05, 3.63) is 47.5 Å². The fourth-order valence-corrected chi connectivity index (χ4v) is 1.69. The number of aryl methyl sites for hydroxylation is 1. The zero-order chi connectivity index (χ0) is 13.2. The summed E-state index contributed by atoms with van der Waals surface area (Å²) in [6.45, 7) is 1.82. The molecule has 0 bridgehead atoms. The summed E-state index contributed by atoms with van der Waals surface area (Å²) >= 11 is 5.83. The van der Waals surface area contributed by atoms with Crippen LogP contribution in [0.2, 0.25) is 5.02 Å². The molecule has 0 unspecified atom stereocenters. The molecule has 0 atom stereocenters. The molecule has 0 aliphatic heterocycles. The molecule has 0 radical (unpaired) electrons. The van der Waals surface area contributed by atoms with Gasteiger partial charge in [0.05, 0.1) is 5.56 Å². The molecule has 0 saturated heterocycles. The second-order valence-corrected chi connectivity index (χ2v) is 4.39. The lowest BCUT2D eigenvalue weighted by atomic mass is 10.2. The first-order chi connectivity index (χ1) is 9.22. The summed E-state index contributed by atoms with van der Waals surface area (Å²) in [7, 11) is 0. The van der Waals surface area contributed by atoms with Crippen molar-refractivity contribution in [2.24, 2.45) is 0 Å². The summed E-state index contributed by atoms with van der Waals surface area (Å²) in [6, 6.07) is 7.23. The maximum absolute atomic E-state index is 5.83. The number of hydrogen-bond donors (Lipinski definition) is 0. The highest BCUT2D eigenvalue weighted by molar-refractivity contribution is 6.30. The Hall–Kier alpha value is -2.27. The molecule has 0 aliphatic carbocycles. The van der Waals surface area contributed by atoms with Gasteiger partial charge in [-0.1, -0.05) is 16.8 Å². The van der Waals surface area contributed by atoms with E-state index in [0.29, 0.717) is 28.1 Å². The highest BCUT2D eigenvalue weighted by atomic mass is 35.5. The van der Waals surface area contributed by atoms with Crippen LogP contribution in [0.25, 0.3) is 22.8 Å². The van der Waals surface area contributed by atoms with Crippen molar-refractivity contribution < 1.29 is 4.52 Å². The van der Waals surface area contributed by atoms with E-state index >= 15 is 0 Å². The van der Waals surface area contributed by atoms with Crippen molar-refractivity contribution in [3.63, 3.8) is 0 Å². The Kier molecular flexibility index (Phi) is 2.97. The SMILES string of the molecule is Cc1ncc(-c2nc(-c3ccc(Cl)cc3)no2)cn1. The normalized spacial score (nSPS) is 10.6. The molecule has 0 N–H and O–H groups in total. The third-order valence-electron chi connectivity index (χ3n) is 2.56. The molecule has 2 heterocycles. The molecular formula is C13H9ClN4O.